The highest BCUT2D eigenvalue weighted by Gasteiger charge is 2.40. The molecule has 27 heavy (non-hydrogen) atoms. The average molecular weight is 387 g/mol. The second-order valence-electron chi connectivity index (χ2n) is 7.90. The van der Waals surface area contributed by atoms with Gasteiger partial charge in [0.05, 0.1) is 17.4 Å². The van der Waals surface area contributed by atoms with Gasteiger partial charge in [0, 0.05) is 34.3 Å². The smallest absolute Gasteiger partial charge is 0.163 e. The Morgan fingerprint density at radius 3 is 2.70 bits per heavy atom. The number of fused-ring (bicyclic) bond motifs is 1. The van der Waals surface area contributed by atoms with Crippen molar-refractivity contribution in [3.05, 3.63) is 64.1 Å². The monoisotopic (exact) mass is 386 g/mol. The fraction of sp³-hybridized carbons (Fsp3) is 0.286. The van der Waals surface area contributed by atoms with Crippen LogP contribution < -0.4 is 10.6 Å². The summed E-state index contributed by atoms with van der Waals surface area (Å²) >= 11 is 6.33. The van der Waals surface area contributed by atoms with Crippen molar-refractivity contribution in [2.24, 2.45) is 5.41 Å². The Morgan fingerprint density at radius 2 is 1.96 bits per heavy atom. The molecule has 1 aliphatic carbocycles. The minimum atomic E-state index is -0.743. The number of aromatic hydroxyl groups is 1. The van der Waals surface area contributed by atoms with Crippen LogP contribution in [-0.2, 0) is 4.79 Å². The Bertz CT molecular complexity index is 964. The van der Waals surface area contributed by atoms with E-state index >= 15 is 0 Å². The maximum absolute atomic E-state index is 14.7. The van der Waals surface area contributed by atoms with Crippen LogP contribution in [-0.4, -0.2) is 10.9 Å². The van der Waals surface area contributed by atoms with E-state index in [1.807, 2.05) is 13.8 Å². The predicted octanol–water partition coefficient (Wildman–Crippen LogP) is 5.41. The van der Waals surface area contributed by atoms with E-state index in [-0.39, 0.29) is 27.5 Å². The predicted molar refractivity (Wildman–Crippen MR) is 105 cm³/mol. The molecule has 0 aromatic heterocycles. The van der Waals surface area contributed by atoms with Gasteiger partial charge in [0.25, 0.3) is 0 Å². The van der Waals surface area contributed by atoms with Crippen LogP contribution in [0.5, 0.6) is 5.75 Å². The highest BCUT2D eigenvalue weighted by molar-refractivity contribution is 6.31. The second kappa shape index (κ2) is 6.27. The number of phenolic OH excluding ortho intramolecular Hbond substituents is 1. The minimum absolute atomic E-state index is 0.0393. The number of hydrogen-bond acceptors (Lipinski definition) is 4. The second-order valence-corrected chi connectivity index (χ2v) is 8.31. The summed E-state index contributed by atoms with van der Waals surface area (Å²) in [4.78, 5) is 13.1. The van der Waals surface area contributed by atoms with Crippen molar-refractivity contribution >= 4 is 28.8 Å². The number of Topliss-reactive ketones (excluding diaryl/α,β-unsaturated/α-hetero) is 1. The maximum Gasteiger partial charge on any atom is 0.163 e. The van der Waals surface area contributed by atoms with Crippen LogP contribution >= 0.6 is 11.6 Å². The van der Waals surface area contributed by atoms with Gasteiger partial charge in [-0.2, -0.15) is 0 Å². The van der Waals surface area contributed by atoms with Crippen molar-refractivity contribution in [3.63, 3.8) is 0 Å². The zero-order valence-corrected chi connectivity index (χ0v) is 15.8. The van der Waals surface area contributed by atoms with Gasteiger partial charge in [0.15, 0.2) is 5.78 Å². The van der Waals surface area contributed by atoms with Crippen molar-refractivity contribution in [3.8, 4) is 5.75 Å². The molecule has 4 nitrogen and oxygen atoms in total. The van der Waals surface area contributed by atoms with Crippen molar-refractivity contribution < 1.29 is 14.3 Å². The molecule has 140 valence electrons. The van der Waals surface area contributed by atoms with Crippen molar-refractivity contribution in [2.45, 2.75) is 32.7 Å². The number of rotatable bonds is 1. The molecule has 0 saturated heterocycles. The van der Waals surface area contributed by atoms with Crippen molar-refractivity contribution in [1.29, 1.82) is 0 Å². The third-order valence-corrected chi connectivity index (χ3v) is 5.42. The van der Waals surface area contributed by atoms with Crippen LogP contribution in [0.15, 0.2) is 47.7 Å². The lowest BCUT2D eigenvalue weighted by molar-refractivity contribution is -0.118. The number of carbonyl (C=O) groups excluding carboxylic acids is 1. The molecule has 0 spiro atoms. The molecule has 1 unspecified atom stereocenters. The molecule has 0 radical (unpaired) electrons. The largest absolute Gasteiger partial charge is 0.508 e. The highest BCUT2D eigenvalue weighted by Crippen LogP contribution is 2.47. The van der Waals surface area contributed by atoms with Gasteiger partial charge in [0.2, 0.25) is 0 Å². The number of halogens is 2. The molecule has 1 aliphatic heterocycles. The lowest BCUT2D eigenvalue weighted by atomic mass is 9.73. The Morgan fingerprint density at radius 1 is 1.19 bits per heavy atom. The summed E-state index contributed by atoms with van der Waals surface area (Å²) in [5.41, 5.74) is 2.60. The normalized spacial score (nSPS) is 20.9. The van der Waals surface area contributed by atoms with Gasteiger partial charge >= 0.3 is 0 Å². The van der Waals surface area contributed by atoms with E-state index in [2.05, 4.69) is 10.6 Å². The van der Waals surface area contributed by atoms with Crippen LogP contribution in [0, 0.1) is 11.2 Å². The summed E-state index contributed by atoms with van der Waals surface area (Å²) in [6.07, 6.45) is 1.03. The Balaban J connectivity index is 1.95. The summed E-state index contributed by atoms with van der Waals surface area (Å²) in [6, 6.07) is 8.60. The zero-order valence-electron chi connectivity index (χ0n) is 15.1. The van der Waals surface area contributed by atoms with Crippen molar-refractivity contribution in [2.75, 3.05) is 10.6 Å². The molecule has 4 rings (SSSR count). The van der Waals surface area contributed by atoms with Gasteiger partial charge in [0.1, 0.15) is 11.6 Å². The molecule has 0 amide bonds. The van der Waals surface area contributed by atoms with E-state index < -0.39 is 11.9 Å². The molecule has 0 saturated carbocycles. The fourth-order valence-electron chi connectivity index (χ4n) is 3.94. The number of ketones is 1. The molecule has 3 N–H and O–H groups in total. The van der Waals surface area contributed by atoms with E-state index in [1.165, 1.54) is 12.1 Å². The summed E-state index contributed by atoms with van der Waals surface area (Å²) in [5.74, 6) is -0.441. The van der Waals surface area contributed by atoms with Gasteiger partial charge in [-0.15, -0.1) is 0 Å². The Kier molecular flexibility index (Phi) is 4.15. The number of nitrogens with one attached hydrogen (secondary N) is 2. The molecule has 6 heteroatoms. The molecule has 2 aliphatic rings. The molecule has 2 aromatic rings. The summed E-state index contributed by atoms with van der Waals surface area (Å²) in [7, 11) is 0. The molecule has 2 aromatic carbocycles. The Labute approximate surface area is 162 Å². The third-order valence-electron chi connectivity index (χ3n) is 5.09. The molecular formula is C21H20ClFN2O2. The van der Waals surface area contributed by atoms with Gasteiger partial charge < -0.3 is 15.7 Å². The Hall–Kier alpha value is -2.53. The zero-order chi connectivity index (χ0) is 19.3. The van der Waals surface area contributed by atoms with Gasteiger partial charge in [-0.3, -0.25) is 4.79 Å². The van der Waals surface area contributed by atoms with E-state index in [4.69, 9.17) is 11.6 Å². The minimum Gasteiger partial charge on any atom is -0.508 e. The maximum atomic E-state index is 14.7. The summed E-state index contributed by atoms with van der Waals surface area (Å²) in [5, 5.41) is 16.7. The standard InChI is InChI=1S/C21H20ClFN2O2/c1-21(2)9-16-19(17(27)10-21)20(18-12(22)4-3-5-13(18)23)25-15-8-11(26)6-7-14(15)24-16/h3-8,20,24-26H,9-10H2,1-2H3. The fourth-order valence-corrected chi connectivity index (χ4v) is 4.21. The van der Waals surface area contributed by atoms with Crippen LogP contribution in [0.3, 0.4) is 0 Å². The number of allylic oxidation sites excluding steroid dienone is 1. The molecule has 0 fully saturated rings. The van der Waals surface area contributed by atoms with Gasteiger partial charge in [-0.05, 0) is 36.1 Å². The first-order valence-corrected chi connectivity index (χ1v) is 9.20. The van der Waals surface area contributed by atoms with Crippen LogP contribution in [0.2, 0.25) is 5.02 Å². The topological polar surface area (TPSA) is 61.4 Å². The lowest BCUT2D eigenvalue weighted by Crippen LogP contribution is -2.31. The lowest BCUT2D eigenvalue weighted by Gasteiger charge is -2.34. The van der Waals surface area contributed by atoms with E-state index in [9.17, 15) is 14.3 Å². The molecular weight excluding hydrogens is 367 g/mol. The van der Waals surface area contributed by atoms with Crippen LogP contribution in [0.4, 0.5) is 15.8 Å². The number of benzene rings is 2. The first-order chi connectivity index (χ1) is 12.7. The quantitative estimate of drug-likeness (QED) is 0.574. The highest BCUT2D eigenvalue weighted by atomic mass is 35.5. The van der Waals surface area contributed by atoms with E-state index in [0.29, 0.717) is 24.1 Å². The summed E-state index contributed by atoms with van der Waals surface area (Å²) in [6.45, 7) is 4.08. The molecule has 1 heterocycles. The average Bonchev–Trinajstić information content (AvgIpc) is 2.69. The SMILES string of the molecule is CC1(C)CC(=O)C2=C(C1)Nc1ccc(O)cc1NC2c1c(F)cccc1Cl. The summed E-state index contributed by atoms with van der Waals surface area (Å²) < 4.78 is 14.7. The van der Waals surface area contributed by atoms with Crippen LogP contribution in [0.25, 0.3) is 0 Å². The number of hydrogen-bond donors (Lipinski definition) is 3. The van der Waals surface area contributed by atoms with Gasteiger partial charge in [-0.1, -0.05) is 31.5 Å². The van der Waals surface area contributed by atoms with E-state index in [0.717, 1.165) is 11.4 Å². The number of carbonyl (C=O) groups is 1. The molecule has 1 atom stereocenters. The first kappa shape index (κ1) is 17.9. The van der Waals surface area contributed by atoms with E-state index in [1.54, 1.807) is 24.3 Å². The van der Waals surface area contributed by atoms with Crippen LogP contribution in [0.1, 0.15) is 38.3 Å². The number of anilines is 2. The number of phenols is 1. The third kappa shape index (κ3) is 3.16. The van der Waals surface area contributed by atoms with Gasteiger partial charge in [-0.25, -0.2) is 4.39 Å². The van der Waals surface area contributed by atoms with Crippen molar-refractivity contribution in [1.82, 2.24) is 0 Å². The first-order valence-electron chi connectivity index (χ1n) is 8.82. The molecule has 0 bridgehead atoms.